The third-order valence-corrected chi connectivity index (χ3v) is 14.6. The molecule has 0 aromatic heterocycles. The van der Waals surface area contributed by atoms with Crippen LogP contribution in [0.4, 0.5) is 0 Å². The number of aromatic hydroxyl groups is 1. The molecule has 7 heteroatoms. The highest BCUT2D eigenvalue weighted by molar-refractivity contribution is 7.80. The summed E-state index contributed by atoms with van der Waals surface area (Å²) in [6.07, 6.45) is 27.4. The van der Waals surface area contributed by atoms with Gasteiger partial charge in [0.05, 0.1) is 19.3 Å². The lowest BCUT2D eigenvalue weighted by Gasteiger charge is -2.51. The van der Waals surface area contributed by atoms with Crippen LogP contribution in [-0.4, -0.2) is 47.2 Å². The van der Waals surface area contributed by atoms with E-state index in [4.69, 9.17) is 22.1 Å². The fourth-order valence-electron chi connectivity index (χ4n) is 9.99. The second-order valence-corrected chi connectivity index (χ2v) is 24.8. The Morgan fingerprint density at radius 2 is 0.970 bits per heavy atom. The van der Waals surface area contributed by atoms with Gasteiger partial charge in [-0.25, -0.2) is 0 Å². The highest BCUT2D eigenvalue weighted by atomic mass is 32.1. The number of hydrogen-bond acceptors (Lipinski definition) is 7. The zero-order valence-corrected chi connectivity index (χ0v) is 46.1. The lowest BCUT2D eigenvalue weighted by atomic mass is 9.55. The quantitative estimate of drug-likeness (QED) is 0.0308. The van der Waals surface area contributed by atoms with E-state index in [9.17, 15) is 10.2 Å². The number of carbonyl (C=O) groups excluding carboxylic acids is 2. The van der Waals surface area contributed by atoms with Crippen molar-refractivity contribution in [1.82, 2.24) is 0 Å². The number of allylic oxidation sites excluding steroid dienone is 2. The zero-order chi connectivity index (χ0) is 49.8. The second-order valence-electron chi connectivity index (χ2n) is 24.3. The van der Waals surface area contributed by atoms with E-state index in [0.29, 0.717) is 12.2 Å². The first-order chi connectivity index (χ1) is 30.8. The van der Waals surface area contributed by atoms with E-state index in [1.54, 1.807) is 0 Å². The lowest BCUT2D eigenvalue weighted by molar-refractivity contribution is -0.172. The van der Waals surface area contributed by atoms with Gasteiger partial charge in [-0.15, -0.1) is 0 Å². The monoisotopic (exact) mass is 939 g/mol. The number of unbranched alkanes of at least 4 members (excludes halogenated alkanes) is 18. The van der Waals surface area contributed by atoms with Crippen molar-refractivity contribution in [2.75, 3.05) is 19.0 Å². The average molecular weight is 940 g/mol. The summed E-state index contributed by atoms with van der Waals surface area (Å²) in [5.41, 5.74) is -0.0679. The van der Waals surface area contributed by atoms with Gasteiger partial charge in [0.25, 0.3) is 0 Å². The van der Waals surface area contributed by atoms with E-state index >= 15 is 9.59 Å². The predicted molar refractivity (Wildman–Crippen MR) is 284 cm³/mol. The van der Waals surface area contributed by atoms with Crippen molar-refractivity contribution in [2.24, 2.45) is 21.7 Å². The molecule has 66 heavy (non-hydrogen) atoms. The van der Waals surface area contributed by atoms with Crippen LogP contribution < -0.4 is 0 Å². The number of phenols is 1. The smallest absolute Gasteiger partial charge is 0.324 e. The average Bonchev–Trinajstić information content (AvgIpc) is 3.21. The van der Waals surface area contributed by atoms with E-state index in [1.807, 2.05) is 18.2 Å². The van der Waals surface area contributed by atoms with Crippen molar-refractivity contribution in [2.45, 2.75) is 262 Å². The number of hydrogen-bond donors (Lipinski definition) is 3. The molecule has 0 fully saturated rings. The van der Waals surface area contributed by atoms with E-state index in [2.05, 4.69) is 103 Å². The summed E-state index contributed by atoms with van der Waals surface area (Å²) < 4.78 is 12.6. The molecule has 2 rings (SSSR count). The van der Waals surface area contributed by atoms with Crippen LogP contribution in [0.25, 0.3) is 0 Å². The van der Waals surface area contributed by atoms with Crippen LogP contribution in [0, 0.1) is 21.7 Å². The number of ether oxygens (including phenoxy) is 2. The molecule has 1 aromatic rings. The van der Waals surface area contributed by atoms with Crippen LogP contribution >= 0.6 is 12.6 Å². The summed E-state index contributed by atoms with van der Waals surface area (Å²) in [5.74, 6) is -0.328. The molecule has 2 unspecified atom stereocenters. The molecule has 1 aliphatic rings. The Hall–Kier alpha value is -2.25. The molecule has 0 bridgehead atoms. The maximum absolute atomic E-state index is 15.3. The Labute approximate surface area is 412 Å². The Bertz CT molecular complexity index is 1590. The van der Waals surface area contributed by atoms with Gasteiger partial charge in [-0.2, -0.15) is 12.6 Å². The van der Waals surface area contributed by atoms with Crippen molar-refractivity contribution in [3.8, 4) is 5.75 Å². The molecule has 6 nitrogen and oxygen atoms in total. The maximum Gasteiger partial charge on any atom is 0.324 e. The van der Waals surface area contributed by atoms with Gasteiger partial charge >= 0.3 is 11.9 Å². The number of aliphatic hydroxyl groups excluding tert-OH is 1. The fourth-order valence-corrected chi connectivity index (χ4v) is 10.4. The highest BCUT2D eigenvalue weighted by Crippen LogP contribution is 2.55. The standard InChI is InChI=1S/C59H102O6S/c1-15-17-19-21-23-25-27-29-31-33-36-64-52(62)58(53(63)65-37-34-32-30-28-26-24-22-20-18-16-2,42-45-39-47(54(3,4)5)50(60)48(40-45)55(6,7)8)43-46-41-49(56(9,10)11)51(61)59(44-46,35-38-66)57(12,13)14/h39-41,44,51,60-61,66H,15-38,42-43H2,1-14H3. The van der Waals surface area contributed by atoms with Gasteiger partial charge in [-0.3, -0.25) is 9.59 Å². The summed E-state index contributed by atoms with van der Waals surface area (Å²) in [4.78, 5) is 30.6. The first-order valence-corrected chi connectivity index (χ1v) is 27.4. The minimum Gasteiger partial charge on any atom is -0.507 e. The largest absolute Gasteiger partial charge is 0.507 e. The lowest BCUT2D eigenvalue weighted by Crippen LogP contribution is -2.50. The van der Waals surface area contributed by atoms with Gasteiger partial charge in [0, 0.05) is 5.41 Å². The van der Waals surface area contributed by atoms with Crippen LogP contribution in [0.5, 0.6) is 5.75 Å². The van der Waals surface area contributed by atoms with E-state index in [0.717, 1.165) is 66.4 Å². The molecule has 2 N–H and O–H groups in total. The fraction of sp³-hybridized carbons (Fsp3) is 0.797. The number of benzene rings is 1. The minimum atomic E-state index is -1.74. The van der Waals surface area contributed by atoms with Crippen molar-refractivity contribution < 1.29 is 29.3 Å². The number of carbonyl (C=O) groups is 2. The molecular weight excluding hydrogens is 837 g/mol. The normalized spacial score (nSPS) is 17.4. The first kappa shape index (κ1) is 59.9. The van der Waals surface area contributed by atoms with Crippen molar-refractivity contribution in [1.29, 1.82) is 0 Å². The summed E-state index contributed by atoms with van der Waals surface area (Å²) in [6.45, 7) is 30.3. The van der Waals surface area contributed by atoms with Crippen LogP contribution in [0.15, 0.2) is 35.4 Å². The van der Waals surface area contributed by atoms with Crippen LogP contribution in [-0.2, 0) is 36.3 Å². The molecule has 2 atom stereocenters. The van der Waals surface area contributed by atoms with Gasteiger partial charge < -0.3 is 19.7 Å². The number of rotatable bonds is 30. The van der Waals surface area contributed by atoms with E-state index < -0.39 is 45.1 Å². The zero-order valence-electron chi connectivity index (χ0n) is 45.2. The molecule has 0 saturated heterocycles. The van der Waals surface area contributed by atoms with E-state index in [-0.39, 0.29) is 37.2 Å². The third-order valence-electron chi connectivity index (χ3n) is 14.4. The van der Waals surface area contributed by atoms with Gasteiger partial charge in [-0.05, 0) is 87.4 Å². The second kappa shape index (κ2) is 27.8. The summed E-state index contributed by atoms with van der Waals surface area (Å²) in [7, 11) is 0. The molecule has 1 aliphatic carbocycles. The topological polar surface area (TPSA) is 93.1 Å². The minimum absolute atomic E-state index is 0.0425. The molecule has 380 valence electrons. The van der Waals surface area contributed by atoms with Gasteiger partial charge in [0.2, 0.25) is 0 Å². The van der Waals surface area contributed by atoms with Crippen molar-refractivity contribution >= 4 is 24.6 Å². The molecule has 0 radical (unpaired) electrons. The van der Waals surface area contributed by atoms with Gasteiger partial charge in [0.15, 0.2) is 5.41 Å². The number of esters is 2. The molecule has 1 aromatic carbocycles. The Morgan fingerprint density at radius 1 is 0.591 bits per heavy atom. The molecule has 0 heterocycles. The Balaban J connectivity index is 2.74. The van der Waals surface area contributed by atoms with Crippen molar-refractivity contribution in [3.05, 3.63) is 52.1 Å². The van der Waals surface area contributed by atoms with Crippen LogP contribution in [0.1, 0.15) is 255 Å². The molecule has 0 aliphatic heterocycles. The summed E-state index contributed by atoms with van der Waals surface area (Å²) in [6, 6.07) is 3.97. The summed E-state index contributed by atoms with van der Waals surface area (Å²) >= 11 is 4.73. The number of aliphatic hydroxyl groups is 1. The SMILES string of the molecule is CCCCCCCCCCCCOC(=O)C(CC1=CC(CCS)(C(C)(C)C)C(O)C(C(C)(C)C)=C1)(Cc1cc(C(C)(C)C)c(O)c(C(C)(C)C)c1)C(=O)OCCCCCCCCCCCC. The first-order valence-electron chi connectivity index (χ1n) is 26.8. The molecule has 0 amide bonds. The summed E-state index contributed by atoms with van der Waals surface area (Å²) in [5, 5.41) is 24.2. The van der Waals surface area contributed by atoms with E-state index in [1.165, 1.54) is 89.9 Å². The molecular formula is C59H102O6S. The number of thiol groups is 1. The van der Waals surface area contributed by atoms with Gasteiger partial charge in [0.1, 0.15) is 5.75 Å². The Morgan fingerprint density at radius 3 is 1.30 bits per heavy atom. The Kier molecular flexibility index (Phi) is 25.2. The van der Waals surface area contributed by atoms with Gasteiger partial charge in [-0.1, -0.05) is 237 Å². The highest BCUT2D eigenvalue weighted by Gasteiger charge is 2.54. The maximum atomic E-state index is 15.3. The predicted octanol–water partition coefficient (Wildman–Crippen LogP) is 16.5. The van der Waals surface area contributed by atoms with Crippen LogP contribution in [0.3, 0.4) is 0 Å². The third kappa shape index (κ3) is 18.2. The van der Waals surface area contributed by atoms with Crippen molar-refractivity contribution in [3.63, 3.8) is 0 Å². The van der Waals surface area contributed by atoms with Crippen LogP contribution in [0.2, 0.25) is 0 Å². The molecule has 0 spiro atoms. The molecule has 0 saturated carbocycles. The number of phenolic OH excluding ortho intramolecular Hbond substituents is 1.